The minimum absolute atomic E-state index is 0.0604. The van der Waals surface area contributed by atoms with Crippen molar-refractivity contribution in [3.8, 4) is 17.1 Å². The molecule has 0 aliphatic heterocycles. The highest BCUT2D eigenvalue weighted by Gasteiger charge is 2.15. The molecular formula is C17H16N4O4. The molecule has 1 aromatic heterocycles. The molecule has 0 aliphatic rings. The molecule has 0 bridgehead atoms. The number of nitro benzene ring substituents is 1. The fraction of sp³-hybridized carbons (Fsp3) is 0.176. The molecule has 3 rings (SSSR count). The van der Waals surface area contributed by atoms with Crippen LogP contribution in [0.2, 0.25) is 0 Å². The minimum Gasteiger partial charge on any atom is -0.496 e. The largest absolute Gasteiger partial charge is 0.496 e. The van der Waals surface area contributed by atoms with Gasteiger partial charge >= 0.3 is 0 Å². The molecule has 0 saturated heterocycles. The number of benzene rings is 2. The number of para-hydroxylation sites is 1. The summed E-state index contributed by atoms with van der Waals surface area (Å²) in [5.41, 5.74) is 1.99. The van der Waals surface area contributed by atoms with Crippen LogP contribution in [0.5, 0.6) is 5.75 Å². The predicted octanol–water partition coefficient (Wildman–Crippen LogP) is 3.57. The molecule has 8 nitrogen and oxygen atoms in total. The molecule has 0 fully saturated rings. The van der Waals surface area contributed by atoms with Gasteiger partial charge < -0.3 is 14.6 Å². The van der Waals surface area contributed by atoms with Crippen LogP contribution in [-0.2, 0) is 6.54 Å². The summed E-state index contributed by atoms with van der Waals surface area (Å²) >= 11 is 0. The van der Waals surface area contributed by atoms with Crippen molar-refractivity contribution >= 4 is 11.4 Å². The SMILES string of the molecule is COc1ccccc1-c1noc(CNc2cccc([N+](=O)[O-])c2C)n1. The van der Waals surface area contributed by atoms with Crippen LogP contribution in [0, 0.1) is 17.0 Å². The third-order valence-corrected chi connectivity index (χ3v) is 3.75. The summed E-state index contributed by atoms with van der Waals surface area (Å²) in [7, 11) is 1.58. The lowest BCUT2D eigenvalue weighted by atomic mass is 10.1. The van der Waals surface area contributed by atoms with Gasteiger partial charge in [0, 0.05) is 17.3 Å². The predicted molar refractivity (Wildman–Crippen MR) is 91.4 cm³/mol. The molecule has 0 radical (unpaired) electrons. The van der Waals surface area contributed by atoms with Gasteiger partial charge in [-0.1, -0.05) is 23.4 Å². The fourth-order valence-corrected chi connectivity index (χ4v) is 2.45. The van der Waals surface area contributed by atoms with E-state index in [9.17, 15) is 10.1 Å². The Morgan fingerprint density at radius 3 is 2.80 bits per heavy atom. The van der Waals surface area contributed by atoms with E-state index in [1.165, 1.54) is 6.07 Å². The van der Waals surface area contributed by atoms with Crippen molar-refractivity contribution in [1.82, 2.24) is 10.1 Å². The second-order valence-corrected chi connectivity index (χ2v) is 5.27. The third kappa shape index (κ3) is 3.42. The molecule has 0 atom stereocenters. The van der Waals surface area contributed by atoms with E-state index >= 15 is 0 Å². The molecule has 0 spiro atoms. The van der Waals surface area contributed by atoms with Crippen molar-refractivity contribution in [2.75, 3.05) is 12.4 Å². The molecule has 128 valence electrons. The van der Waals surface area contributed by atoms with Crippen LogP contribution in [0.25, 0.3) is 11.4 Å². The zero-order valence-corrected chi connectivity index (χ0v) is 13.7. The number of nitrogens with one attached hydrogen (secondary N) is 1. The van der Waals surface area contributed by atoms with Crippen LogP contribution in [-0.4, -0.2) is 22.2 Å². The van der Waals surface area contributed by atoms with Crippen LogP contribution < -0.4 is 10.1 Å². The van der Waals surface area contributed by atoms with Gasteiger partial charge in [-0.15, -0.1) is 0 Å². The lowest BCUT2D eigenvalue weighted by Gasteiger charge is -2.07. The van der Waals surface area contributed by atoms with Gasteiger partial charge in [-0.2, -0.15) is 4.98 Å². The van der Waals surface area contributed by atoms with Crippen LogP contribution in [0.3, 0.4) is 0 Å². The van der Waals surface area contributed by atoms with E-state index in [1.807, 2.05) is 24.3 Å². The minimum atomic E-state index is -0.410. The Balaban J connectivity index is 1.77. The number of ether oxygens (including phenoxy) is 1. The fourth-order valence-electron chi connectivity index (χ4n) is 2.45. The van der Waals surface area contributed by atoms with E-state index in [0.717, 1.165) is 5.56 Å². The summed E-state index contributed by atoms with van der Waals surface area (Å²) in [5, 5.41) is 18.0. The number of hydrogen-bond donors (Lipinski definition) is 1. The van der Waals surface area contributed by atoms with Crippen LogP contribution in [0.15, 0.2) is 47.0 Å². The molecule has 0 amide bonds. The molecule has 1 N–H and O–H groups in total. The molecule has 0 saturated carbocycles. The quantitative estimate of drug-likeness (QED) is 0.540. The standard InChI is InChI=1S/C17H16N4O4/c1-11-13(7-5-8-14(11)21(22)23)18-10-16-19-17(20-25-16)12-6-3-4-9-15(12)24-2/h3-9,18H,10H2,1-2H3. The molecule has 0 aliphatic carbocycles. The number of nitrogens with zero attached hydrogens (tertiary/aromatic N) is 3. The third-order valence-electron chi connectivity index (χ3n) is 3.75. The molecule has 25 heavy (non-hydrogen) atoms. The van der Waals surface area contributed by atoms with Gasteiger partial charge in [0.15, 0.2) is 0 Å². The van der Waals surface area contributed by atoms with Gasteiger partial charge in [-0.3, -0.25) is 10.1 Å². The Labute approximate surface area is 143 Å². The van der Waals surface area contributed by atoms with Crippen LogP contribution in [0.1, 0.15) is 11.5 Å². The molecule has 1 heterocycles. The van der Waals surface area contributed by atoms with Crippen LogP contribution in [0.4, 0.5) is 11.4 Å². The maximum atomic E-state index is 11.0. The molecule has 3 aromatic rings. The van der Waals surface area contributed by atoms with Gasteiger partial charge in [0.2, 0.25) is 11.7 Å². The number of methoxy groups -OCH3 is 1. The monoisotopic (exact) mass is 340 g/mol. The van der Waals surface area contributed by atoms with Crippen molar-refractivity contribution in [2.45, 2.75) is 13.5 Å². The summed E-state index contributed by atoms with van der Waals surface area (Å²) in [6.45, 7) is 1.94. The first-order valence-electron chi connectivity index (χ1n) is 7.54. The normalized spacial score (nSPS) is 10.5. The second-order valence-electron chi connectivity index (χ2n) is 5.27. The summed E-state index contributed by atoms with van der Waals surface area (Å²) in [4.78, 5) is 14.9. The van der Waals surface area contributed by atoms with Crippen molar-refractivity contribution in [2.24, 2.45) is 0 Å². The van der Waals surface area contributed by atoms with E-state index in [0.29, 0.717) is 28.7 Å². The van der Waals surface area contributed by atoms with Gasteiger partial charge in [0.25, 0.3) is 5.69 Å². The average Bonchev–Trinajstić information content (AvgIpc) is 3.09. The summed E-state index contributed by atoms with van der Waals surface area (Å²) in [5.74, 6) is 1.44. The molecule has 2 aromatic carbocycles. The van der Waals surface area contributed by atoms with Gasteiger partial charge in [0.05, 0.1) is 24.1 Å². The number of anilines is 1. The number of hydrogen-bond acceptors (Lipinski definition) is 7. The highest BCUT2D eigenvalue weighted by Crippen LogP contribution is 2.28. The first-order valence-corrected chi connectivity index (χ1v) is 7.54. The van der Waals surface area contributed by atoms with Crippen molar-refractivity contribution in [3.05, 3.63) is 64.0 Å². The summed E-state index contributed by atoms with van der Waals surface area (Å²) < 4.78 is 10.5. The Bertz CT molecular complexity index is 907. The second kappa shape index (κ2) is 7.00. The Kier molecular flexibility index (Phi) is 4.60. The topological polar surface area (TPSA) is 103 Å². The highest BCUT2D eigenvalue weighted by molar-refractivity contribution is 5.63. The summed E-state index contributed by atoms with van der Waals surface area (Å²) in [6.07, 6.45) is 0. The summed E-state index contributed by atoms with van der Waals surface area (Å²) in [6, 6.07) is 12.2. The zero-order valence-electron chi connectivity index (χ0n) is 13.7. The number of rotatable bonds is 6. The Morgan fingerprint density at radius 1 is 1.24 bits per heavy atom. The maximum absolute atomic E-state index is 11.0. The zero-order chi connectivity index (χ0) is 17.8. The van der Waals surface area contributed by atoms with Gasteiger partial charge in [0.1, 0.15) is 5.75 Å². The van der Waals surface area contributed by atoms with E-state index in [2.05, 4.69) is 15.5 Å². The van der Waals surface area contributed by atoms with E-state index in [-0.39, 0.29) is 12.2 Å². The first-order chi connectivity index (χ1) is 12.1. The van der Waals surface area contributed by atoms with E-state index in [1.54, 1.807) is 26.2 Å². The first kappa shape index (κ1) is 16.4. The van der Waals surface area contributed by atoms with Crippen molar-refractivity contribution in [1.29, 1.82) is 0 Å². The van der Waals surface area contributed by atoms with Crippen molar-refractivity contribution in [3.63, 3.8) is 0 Å². The Hall–Kier alpha value is -3.42. The smallest absolute Gasteiger partial charge is 0.274 e. The van der Waals surface area contributed by atoms with Crippen molar-refractivity contribution < 1.29 is 14.2 Å². The van der Waals surface area contributed by atoms with E-state index in [4.69, 9.17) is 9.26 Å². The molecular weight excluding hydrogens is 324 g/mol. The Morgan fingerprint density at radius 2 is 2.04 bits per heavy atom. The maximum Gasteiger partial charge on any atom is 0.274 e. The number of aromatic nitrogens is 2. The van der Waals surface area contributed by atoms with Crippen LogP contribution >= 0.6 is 0 Å². The van der Waals surface area contributed by atoms with Gasteiger partial charge in [-0.25, -0.2) is 0 Å². The molecule has 0 unspecified atom stereocenters. The average molecular weight is 340 g/mol. The highest BCUT2D eigenvalue weighted by atomic mass is 16.6. The lowest BCUT2D eigenvalue weighted by molar-refractivity contribution is -0.385. The number of nitro groups is 1. The molecule has 8 heteroatoms. The lowest BCUT2D eigenvalue weighted by Crippen LogP contribution is -2.03. The van der Waals surface area contributed by atoms with E-state index < -0.39 is 4.92 Å². The van der Waals surface area contributed by atoms with Gasteiger partial charge in [-0.05, 0) is 25.1 Å².